The van der Waals surface area contributed by atoms with Crippen molar-refractivity contribution in [1.29, 1.82) is 0 Å². The van der Waals surface area contributed by atoms with Gasteiger partial charge in [-0.1, -0.05) is 0 Å². The van der Waals surface area contributed by atoms with Gasteiger partial charge < -0.3 is 24.6 Å². The van der Waals surface area contributed by atoms with Crippen LogP contribution in [-0.4, -0.2) is 52.8 Å². The first kappa shape index (κ1) is 18.2. The zero-order valence-corrected chi connectivity index (χ0v) is 14.9. The molecule has 0 radical (unpaired) electrons. The Kier molecular flexibility index (Phi) is 4.64. The summed E-state index contributed by atoms with van der Waals surface area (Å²) in [6.45, 7) is 1.02. The number of carboxylic acids is 1. The standard InChI is InChI=1S/C20H18FNO6/c21-16-9-12(2-3-14(16)19(24)22-4-1-5-22)27-17-6-11(20(25)26)7-18-15(17)8-13(10-23)28-18/h2-3,6-7,9,13,23H,1,4-5,8,10H2,(H,25,26). The largest absolute Gasteiger partial charge is 0.487 e. The molecule has 0 bridgehead atoms. The number of carbonyl (C=O) groups excluding carboxylic acids is 1. The van der Waals surface area contributed by atoms with Gasteiger partial charge in [0.2, 0.25) is 0 Å². The van der Waals surface area contributed by atoms with Gasteiger partial charge in [-0.25, -0.2) is 9.18 Å². The van der Waals surface area contributed by atoms with Crippen molar-refractivity contribution < 1.29 is 33.7 Å². The molecular weight excluding hydrogens is 369 g/mol. The van der Waals surface area contributed by atoms with Gasteiger partial charge in [-0.05, 0) is 30.7 Å². The molecule has 1 saturated heterocycles. The van der Waals surface area contributed by atoms with Gasteiger partial charge in [0.05, 0.1) is 17.7 Å². The van der Waals surface area contributed by atoms with Gasteiger partial charge >= 0.3 is 5.97 Å². The molecule has 7 nitrogen and oxygen atoms in total. The molecule has 2 heterocycles. The van der Waals surface area contributed by atoms with Gasteiger partial charge in [0.1, 0.15) is 29.2 Å². The second-order valence-electron chi connectivity index (χ2n) is 6.77. The number of amides is 1. The molecule has 1 atom stereocenters. The lowest BCUT2D eigenvalue weighted by Gasteiger charge is -2.31. The number of aliphatic hydroxyl groups excluding tert-OH is 1. The Morgan fingerprint density at radius 2 is 2.04 bits per heavy atom. The Labute approximate surface area is 159 Å². The lowest BCUT2D eigenvalue weighted by atomic mass is 10.1. The van der Waals surface area contributed by atoms with Crippen molar-refractivity contribution in [3.8, 4) is 17.2 Å². The van der Waals surface area contributed by atoms with E-state index in [1.165, 1.54) is 24.3 Å². The van der Waals surface area contributed by atoms with E-state index in [2.05, 4.69) is 0 Å². The first-order valence-electron chi connectivity index (χ1n) is 8.90. The zero-order valence-electron chi connectivity index (χ0n) is 14.9. The van der Waals surface area contributed by atoms with Crippen molar-refractivity contribution in [2.24, 2.45) is 0 Å². The minimum absolute atomic E-state index is 0.0276. The van der Waals surface area contributed by atoms with Gasteiger partial charge in [0, 0.05) is 31.1 Å². The van der Waals surface area contributed by atoms with E-state index in [4.69, 9.17) is 9.47 Å². The fraction of sp³-hybridized carbons (Fsp3) is 0.300. The summed E-state index contributed by atoms with van der Waals surface area (Å²) in [5.74, 6) is -1.56. The van der Waals surface area contributed by atoms with E-state index >= 15 is 0 Å². The van der Waals surface area contributed by atoms with E-state index in [-0.39, 0.29) is 35.1 Å². The Morgan fingerprint density at radius 1 is 1.25 bits per heavy atom. The van der Waals surface area contributed by atoms with E-state index in [0.29, 0.717) is 30.8 Å². The summed E-state index contributed by atoms with van der Waals surface area (Å²) in [6.07, 6.45) is 0.764. The van der Waals surface area contributed by atoms with Crippen molar-refractivity contribution in [1.82, 2.24) is 4.90 Å². The molecule has 0 aliphatic carbocycles. The monoisotopic (exact) mass is 387 g/mol. The van der Waals surface area contributed by atoms with Gasteiger partial charge in [-0.2, -0.15) is 0 Å². The summed E-state index contributed by atoms with van der Waals surface area (Å²) in [7, 11) is 0. The maximum Gasteiger partial charge on any atom is 0.335 e. The van der Waals surface area contributed by atoms with Crippen LogP contribution in [0.5, 0.6) is 17.2 Å². The third kappa shape index (κ3) is 3.27. The molecule has 1 fully saturated rings. The second kappa shape index (κ2) is 7.12. The fourth-order valence-electron chi connectivity index (χ4n) is 3.24. The van der Waals surface area contributed by atoms with Crippen LogP contribution in [-0.2, 0) is 6.42 Å². The Balaban J connectivity index is 1.63. The molecule has 2 aromatic carbocycles. The number of rotatable bonds is 5. The maximum atomic E-state index is 14.4. The molecule has 1 unspecified atom stereocenters. The summed E-state index contributed by atoms with van der Waals surface area (Å²) in [4.78, 5) is 25.1. The second-order valence-corrected chi connectivity index (χ2v) is 6.77. The van der Waals surface area contributed by atoms with Gasteiger partial charge in [-0.15, -0.1) is 0 Å². The first-order valence-corrected chi connectivity index (χ1v) is 8.90. The number of likely N-dealkylation sites (tertiary alicyclic amines) is 1. The van der Waals surface area contributed by atoms with Crippen LogP contribution in [0, 0.1) is 5.82 Å². The first-order chi connectivity index (χ1) is 13.5. The number of aromatic carboxylic acids is 1. The molecule has 2 aliphatic heterocycles. The summed E-state index contributed by atoms with van der Waals surface area (Å²) >= 11 is 0. The minimum atomic E-state index is -1.16. The van der Waals surface area contributed by atoms with E-state index in [9.17, 15) is 24.2 Å². The normalized spacial score (nSPS) is 17.5. The number of carboxylic acid groups (broad SMARTS) is 1. The van der Waals surface area contributed by atoms with Gasteiger partial charge in [-0.3, -0.25) is 4.79 Å². The highest BCUT2D eigenvalue weighted by atomic mass is 19.1. The number of carbonyl (C=O) groups is 2. The van der Waals surface area contributed by atoms with Crippen LogP contribution < -0.4 is 9.47 Å². The Bertz CT molecular complexity index is 956. The number of ether oxygens (including phenoxy) is 2. The topological polar surface area (TPSA) is 96.3 Å². The summed E-state index contributed by atoms with van der Waals surface area (Å²) < 4.78 is 25.7. The molecule has 8 heteroatoms. The molecule has 0 aromatic heterocycles. The smallest absolute Gasteiger partial charge is 0.335 e. The van der Waals surface area contributed by atoms with Crippen molar-refractivity contribution in [3.05, 3.63) is 52.8 Å². The molecule has 28 heavy (non-hydrogen) atoms. The van der Waals surface area contributed by atoms with Crippen molar-refractivity contribution in [2.45, 2.75) is 18.9 Å². The lowest BCUT2D eigenvalue weighted by molar-refractivity contribution is 0.0645. The number of benzene rings is 2. The SMILES string of the molecule is O=C(O)c1cc(Oc2ccc(C(=O)N3CCC3)c(F)c2)c2c(c1)OC(CO)C2. The highest BCUT2D eigenvalue weighted by Crippen LogP contribution is 2.39. The van der Waals surface area contributed by atoms with Gasteiger partial charge in [0.15, 0.2) is 0 Å². The number of hydrogen-bond acceptors (Lipinski definition) is 5. The molecule has 0 saturated carbocycles. The molecular formula is C20H18FNO6. The van der Waals surface area contributed by atoms with Crippen molar-refractivity contribution in [3.63, 3.8) is 0 Å². The van der Waals surface area contributed by atoms with E-state index in [1.54, 1.807) is 4.90 Å². The summed E-state index contributed by atoms with van der Waals surface area (Å²) in [5, 5.41) is 18.6. The van der Waals surface area contributed by atoms with Crippen molar-refractivity contribution in [2.75, 3.05) is 19.7 Å². The third-order valence-corrected chi connectivity index (χ3v) is 4.89. The van der Waals surface area contributed by atoms with Crippen LogP contribution in [0.2, 0.25) is 0 Å². The average molecular weight is 387 g/mol. The number of aliphatic hydroxyl groups is 1. The summed E-state index contributed by atoms with van der Waals surface area (Å²) in [6, 6.07) is 6.64. The lowest BCUT2D eigenvalue weighted by Crippen LogP contribution is -2.42. The predicted molar refractivity (Wildman–Crippen MR) is 95.6 cm³/mol. The van der Waals surface area contributed by atoms with E-state index in [0.717, 1.165) is 12.5 Å². The van der Waals surface area contributed by atoms with Crippen LogP contribution in [0.4, 0.5) is 4.39 Å². The Morgan fingerprint density at radius 3 is 2.64 bits per heavy atom. The quantitative estimate of drug-likeness (QED) is 0.818. The molecule has 1 amide bonds. The van der Waals surface area contributed by atoms with E-state index < -0.39 is 17.9 Å². The number of nitrogens with zero attached hydrogens (tertiary/aromatic N) is 1. The van der Waals surface area contributed by atoms with Crippen LogP contribution >= 0.6 is 0 Å². The van der Waals surface area contributed by atoms with E-state index in [1.807, 2.05) is 0 Å². The number of hydrogen-bond donors (Lipinski definition) is 2. The van der Waals surface area contributed by atoms with Crippen LogP contribution in [0.15, 0.2) is 30.3 Å². The summed E-state index contributed by atoms with van der Waals surface area (Å²) in [5.41, 5.74) is 0.530. The molecule has 0 spiro atoms. The van der Waals surface area contributed by atoms with Crippen LogP contribution in [0.3, 0.4) is 0 Å². The minimum Gasteiger partial charge on any atom is -0.487 e. The van der Waals surface area contributed by atoms with Gasteiger partial charge in [0.25, 0.3) is 5.91 Å². The molecule has 146 valence electrons. The van der Waals surface area contributed by atoms with Crippen molar-refractivity contribution >= 4 is 11.9 Å². The zero-order chi connectivity index (χ0) is 19.8. The number of halogens is 1. The fourth-order valence-corrected chi connectivity index (χ4v) is 3.24. The third-order valence-electron chi connectivity index (χ3n) is 4.89. The van der Waals surface area contributed by atoms with Crippen LogP contribution in [0.1, 0.15) is 32.7 Å². The van der Waals surface area contributed by atoms with Crippen LogP contribution in [0.25, 0.3) is 0 Å². The molecule has 4 rings (SSSR count). The Hall–Kier alpha value is -3.13. The maximum absolute atomic E-state index is 14.4. The highest BCUT2D eigenvalue weighted by Gasteiger charge is 2.28. The predicted octanol–water partition coefficient (Wildman–Crippen LogP) is 2.46. The number of fused-ring (bicyclic) bond motifs is 1. The molecule has 2 aromatic rings. The molecule has 2 N–H and O–H groups in total. The molecule has 2 aliphatic rings. The average Bonchev–Trinajstić information content (AvgIpc) is 3.03. The highest BCUT2D eigenvalue weighted by molar-refractivity contribution is 5.95.